The second-order valence-electron chi connectivity index (χ2n) is 6.77. The first-order valence-corrected chi connectivity index (χ1v) is 8.69. The maximum atomic E-state index is 13.5. The highest BCUT2D eigenvalue weighted by atomic mass is 19.3. The summed E-state index contributed by atoms with van der Waals surface area (Å²) in [5, 5.41) is 0.919. The Labute approximate surface area is 150 Å². The minimum Gasteiger partial charge on any atom is -0.354 e. The summed E-state index contributed by atoms with van der Waals surface area (Å²) in [6.07, 6.45) is -1.69. The van der Waals surface area contributed by atoms with E-state index in [0.29, 0.717) is 17.9 Å². The number of aryl methyl sites for hydroxylation is 1. The van der Waals surface area contributed by atoms with Crippen molar-refractivity contribution in [2.45, 2.75) is 25.8 Å². The van der Waals surface area contributed by atoms with Gasteiger partial charge in [-0.3, -0.25) is 0 Å². The zero-order valence-electron chi connectivity index (χ0n) is 14.5. The molecule has 2 aromatic carbocycles. The van der Waals surface area contributed by atoms with E-state index in [1.54, 1.807) is 18.2 Å². The van der Waals surface area contributed by atoms with Gasteiger partial charge in [-0.05, 0) is 31.0 Å². The number of nitrogens with zero attached hydrogens (tertiary/aromatic N) is 3. The lowest BCUT2D eigenvalue weighted by Gasteiger charge is -2.20. The van der Waals surface area contributed by atoms with Crippen molar-refractivity contribution >= 4 is 16.7 Å². The van der Waals surface area contributed by atoms with Gasteiger partial charge in [-0.15, -0.1) is 0 Å². The molecular formula is C20H20F2N4. The molecule has 1 aromatic heterocycles. The Morgan fingerprint density at radius 3 is 2.69 bits per heavy atom. The van der Waals surface area contributed by atoms with Crippen molar-refractivity contribution in [3.8, 4) is 11.4 Å². The average molecular weight is 354 g/mol. The van der Waals surface area contributed by atoms with Crippen LogP contribution in [0.2, 0.25) is 0 Å². The summed E-state index contributed by atoms with van der Waals surface area (Å²) >= 11 is 0. The number of aromatic nitrogens is 2. The number of alkyl halides is 2. The third-order valence-electron chi connectivity index (χ3n) is 4.79. The molecule has 0 radical (unpaired) electrons. The summed E-state index contributed by atoms with van der Waals surface area (Å²) in [7, 11) is 0. The molecule has 0 unspecified atom stereocenters. The molecule has 4 nitrogen and oxygen atoms in total. The van der Waals surface area contributed by atoms with Crippen molar-refractivity contribution in [2.75, 3.05) is 18.0 Å². The van der Waals surface area contributed by atoms with Crippen LogP contribution in [0.5, 0.6) is 0 Å². The van der Waals surface area contributed by atoms with Crippen LogP contribution in [0.1, 0.15) is 24.0 Å². The highest BCUT2D eigenvalue weighted by Crippen LogP contribution is 2.33. The molecule has 0 amide bonds. The van der Waals surface area contributed by atoms with Crippen molar-refractivity contribution in [2.24, 2.45) is 5.73 Å². The molecule has 1 fully saturated rings. The summed E-state index contributed by atoms with van der Waals surface area (Å²) in [4.78, 5) is 11.4. The van der Waals surface area contributed by atoms with E-state index in [0.717, 1.165) is 35.2 Å². The van der Waals surface area contributed by atoms with Gasteiger partial charge in [-0.25, -0.2) is 18.7 Å². The summed E-state index contributed by atoms with van der Waals surface area (Å²) < 4.78 is 26.9. The molecule has 3 aromatic rings. The van der Waals surface area contributed by atoms with Crippen LogP contribution in [-0.4, -0.2) is 29.1 Å². The largest absolute Gasteiger partial charge is 0.354 e. The van der Waals surface area contributed by atoms with E-state index >= 15 is 0 Å². The second kappa shape index (κ2) is 6.61. The molecule has 0 aliphatic carbocycles. The van der Waals surface area contributed by atoms with Gasteiger partial charge in [-0.2, -0.15) is 0 Å². The van der Waals surface area contributed by atoms with Crippen LogP contribution in [0.15, 0.2) is 42.5 Å². The summed E-state index contributed by atoms with van der Waals surface area (Å²) in [6, 6.07) is 12.5. The Kier molecular flexibility index (Phi) is 4.28. The Hall–Kier alpha value is -2.60. The number of rotatable bonds is 3. The van der Waals surface area contributed by atoms with Crippen molar-refractivity contribution in [1.82, 2.24) is 9.97 Å². The zero-order valence-corrected chi connectivity index (χ0v) is 14.5. The van der Waals surface area contributed by atoms with Gasteiger partial charge in [0.1, 0.15) is 5.82 Å². The number of hydrogen-bond acceptors (Lipinski definition) is 4. The molecule has 1 aliphatic rings. The first-order chi connectivity index (χ1) is 12.5. The van der Waals surface area contributed by atoms with E-state index in [4.69, 9.17) is 5.73 Å². The highest BCUT2D eigenvalue weighted by molar-refractivity contribution is 5.91. The number of hydrogen-bond donors (Lipinski definition) is 1. The van der Waals surface area contributed by atoms with Gasteiger partial charge in [0.05, 0.1) is 5.52 Å². The predicted molar refractivity (Wildman–Crippen MR) is 99.5 cm³/mol. The average Bonchev–Trinajstić information content (AvgIpc) is 3.06. The number of fused-ring (bicyclic) bond motifs is 1. The van der Waals surface area contributed by atoms with E-state index in [2.05, 4.69) is 14.9 Å². The molecule has 0 bridgehead atoms. The fourth-order valence-electron chi connectivity index (χ4n) is 3.46. The van der Waals surface area contributed by atoms with Crippen LogP contribution in [0.4, 0.5) is 14.6 Å². The molecule has 1 saturated heterocycles. The van der Waals surface area contributed by atoms with Gasteiger partial charge in [0.15, 0.2) is 5.82 Å². The zero-order chi connectivity index (χ0) is 18.3. The monoisotopic (exact) mass is 354 g/mol. The predicted octanol–water partition coefficient (Wildman–Crippen LogP) is 4.08. The Balaban J connectivity index is 1.94. The lowest BCUT2D eigenvalue weighted by atomic mass is 10.1. The van der Waals surface area contributed by atoms with Crippen molar-refractivity contribution < 1.29 is 8.78 Å². The minimum absolute atomic E-state index is 0.0522. The van der Waals surface area contributed by atoms with Crippen LogP contribution in [0.25, 0.3) is 22.3 Å². The Bertz CT molecular complexity index is 958. The van der Waals surface area contributed by atoms with Crippen molar-refractivity contribution in [3.63, 3.8) is 0 Å². The van der Waals surface area contributed by atoms with Crippen molar-refractivity contribution in [1.29, 1.82) is 0 Å². The van der Waals surface area contributed by atoms with Gasteiger partial charge in [0, 0.05) is 35.6 Å². The van der Waals surface area contributed by atoms with Gasteiger partial charge >= 0.3 is 0 Å². The fourth-order valence-corrected chi connectivity index (χ4v) is 3.46. The molecule has 2 N–H and O–H groups in total. The van der Waals surface area contributed by atoms with E-state index < -0.39 is 6.43 Å². The SMILES string of the molecule is Cc1ccc2c(N3CC[C@@H](N)C3)nc(-c3ccccc3C(F)F)nc2c1. The smallest absolute Gasteiger partial charge is 0.264 e. The van der Waals surface area contributed by atoms with Gasteiger partial charge < -0.3 is 10.6 Å². The Morgan fingerprint density at radius 2 is 1.96 bits per heavy atom. The maximum absolute atomic E-state index is 13.5. The molecule has 0 spiro atoms. The maximum Gasteiger partial charge on any atom is 0.264 e. The quantitative estimate of drug-likeness (QED) is 0.770. The number of halogens is 2. The van der Waals surface area contributed by atoms with E-state index in [-0.39, 0.29) is 11.6 Å². The molecule has 1 aliphatic heterocycles. The number of nitrogens with two attached hydrogens (primary N) is 1. The van der Waals surface area contributed by atoms with Gasteiger partial charge in [0.25, 0.3) is 6.43 Å². The Morgan fingerprint density at radius 1 is 1.15 bits per heavy atom. The molecule has 1 atom stereocenters. The second-order valence-corrected chi connectivity index (χ2v) is 6.77. The third-order valence-corrected chi connectivity index (χ3v) is 4.79. The molecule has 0 saturated carbocycles. The number of anilines is 1. The lowest BCUT2D eigenvalue weighted by Crippen LogP contribution is -2.27. The van der Waals surface area contributed by atoms with E-state index in [1.165, 1.54) is 6.07 Å². The minimum atomic E-state index is -2.58. The first kappa shape index (κ1) is 16.8. The number of benzene rings is 2. The molecule has 4 rings (SSSR count). The van der Waals surface area contributed by atoms with Crippen LogP contribution in [0.3, 0.4) is 0 Å². The van der Waals surface area contributed by atoms with E-state index in [1.807, 2.05) is 25.1 Å². The molecule has 134 valence electrons. The summed E-state index contributed by atoms with van der Waals surface area (Å²) in [5.74, 6) is 1.09. The molecule has 6 heteroatoms. The van der Waals surface area contributed by atoms with Crippen LogP contribution < -0.4 is 10.6 Å². The normalized spacial score (nSPS) is 17.4. The molecule has 26 heavy (non-hydrogen) atoms. The third kappa shape index (κ3) is 3.01. The van der Waals surface area contributed by atoms with Gasteiger partial charge in [-0.1, -0.05) is 30.3 Å². The van der Waals surface area contributed by atoms with Crippen LogP contribution in [-0.2, 0) is 0 Å². The van der Waals surface area contributed by atoms with E-state index in [9.17, 15) is 8.78 Å². The summed E-state index contributed by atoms with van der Waals surface area (Å²) in [6.45, 7) is 3.49. The molecule has 2 heterocycles. The standard InChI is InChI=1S/C20H20F2N4/c1-12-6-7-16-17(10-12)24-19(15-5-3-2-4-14(15)18(21)22)25-20(16)26-9-8-13(23)11-26/h2-7,10,13,18H,8-9,11,23H2,1H3/t13-/m1/s1. The highest BCUT2D eigenvalue weighted by Gasteiger charge is 2.24. The first-order valence-electron chi connectivity index (χ1n) is 8.69. The fraction of sp³-hybridized carbons (Fsp3) is 0.300. The molecular weight excluding hydrogens is 334 g/mol. The van der Waals surface area contributed by atoms with Crippen LogP contribution >= 0.6 is 0 Å². The lowest BCUT2D eigenvalue weighted by molar-refractivity contribution is 0.152. The summed E-state index contributed by atoms with van der Waals surface area (Å²) in [5.41, 5.74) is 8.20. The van der Waals surface area contributed by atoms with Gasteiger partial charge in [0.2, 0.25) is 0 Å². The van der Waals surface area contributed by atoms with Crippen molar-refractivity contribution in [3.05, 3.63) is 53.6 Å². The van der Waals surface area contributed by atoms with Crippen LogP contribution in [0, 0.1) is 6.92 Å². The topological polar surface area (TPSA) is 55.0 Å².